The Kier molecular flexibility index (Phi) is 6.03. The SMILES string of the molecule is CNC(=O)[C@@H]1C[C@@H](C2CCCCC2)CN1C(=O)c1c2c(nn1-c1ccccc1)CCCC2. The number of rotatable bonds is 4. The van der Waals surface area contributed by atoms with E-state index in [0.717, 1.165) is 49.0 Å². The van der Waals surface area contributed by atoms with Crippen molar-refractivity contribution in [2.24, 2.45) is 11.8 Å². The number of benzene rings is 1. The van der Waals surface area contributed by atoms with Crippen LogP contribution in [-0.4, -0.2) is 46.1 Å². The quantitative estimate of drug-likeness (QED) is 0.793. The summed E-state index contributed by atoms with van der Waals surface area (Å²) in [5.41, 5.74) is 3.71. The molecule has 5 rings (SSSR count). The van der Waals surface area contributed by atoms with Gasteiger partial charge in [0, 0.05) is 19.2 Å². The van der Waals surface area contributed by atoms with Gasteiger partial charge in [-0.1, -0.05) is 50.3 Å². The molecule has 1 N–H and O–H groups in total. The Morgan fingerprint density at radius 2 is 1.72 bits per heavy atom. The molecule has 32 heavy (non-hydrogen) atoms. The lowest BCUT2D eigenvalue weighted by Crippen LogP contribution is -2.45. The van der Waals surface area contributed by atoms with Gasteiger partial charge < -0.3 is 10.2 Å². The molecule has 1 saturated heterocycles. The highest BCUT2D eigenvalue weighted by Crippen LogP contribution is 2.39. The zero-order valence-corrected chi connectivity index (χ0v) is 19.1. The van der Waals surface area contributed by atoms with Crippen LogP contribution >= 0.6 is 0 Å². The molecule has 2 atom stereocenters. The highest BCUT2D eigenvalue weighted by molar-refractivity contribution is 5.98. The number of carbonyl (C=O) groups excluding carboxylic acids is 2. The molecule has 0 spiro atoms. The third kappa shape index (κ3) is 3.84. The number of para-hydroxylation sites is 1. The number of nitrogens with one attached hydrogen (secondary N) is 1. The zero-order valence-electron chi connectivity index (χ0n) is 19.1. The van der Waals surface area contributed by atoms with Crippen LogP contribution in [0, 0.1) is 11.8 Å². The minimum Gasteiger partial charge on any atom is -0.357 e. The van der Waals surface area contributed by atoms with Crippen molar-refractivity contribution in [1.29, 1.82) is 0 Å². The highest BCUT2D eigenvalue weighted by Gasteiger charge is 2.44. The summed E-state index contributed by atoms with van der Waals surface area (Å²) in [6.45, 7) is 0.677. The molecule has 6 heteroatoms. The van der Waals surface area contributed by atoms with Crippen LogP contribution in [0.15, 0.2) is 30.3 Å². The number of hydrogen-bond acceptors (Lipinski definition) is 3. The van der Waals surface area contributed by atoms with Gasteiger partial charge in [-0.3, -0.25) is 9.59 Å². The smallest absolute Gasteiger partial charge is 0.273 e. The average Bonchev–Trinajstić information content (AvgIpc) is 3.47. The number of aromatic nitrogens is 2. The minimum absolute atomic E-state index is 0.0311. The second-order valence-electron chi connectivity index (χ2n) is 9.71. The summed E-state index contributed by atoms with van der Waals surface area (Å²) in [6, 6.07) is 9.54. The van der Waals surface area contributed by atoms with E-state index < -0.39 is 6.04 Å². The summed E-state index contributed by atoms with van der Waals surface area (Å²) in [5.74, 6) is 0.958. The van der Waals surface area contributed by atoms with E-state index >= 15 is 0 Å². The van der Waals surface area contributed by atoms with Gasteiger partial charge >= 0.3 is 0 Å². The third-order valence-corrected chi connectivity index (χ3v) is 7.82. The van der Waals surface area contributed by atoms with Crippen LogP contribution in [0.4, 0.5) is 0 Å². The number of fused-ring (bicyclic) bond motifs is 1. The minimum atomic E-state index is -0.391. The molecule has 2 fully saturated rings. The second kappa shape index (κ2) is 9.08. The molecular formula is C26H34N4O2. The molecule has 1 saturated carbocycles. The highest BCUT2D eigenvalue weighted by atomic mass is 16.2. The first-order chi connectivity index (χ1) is 15.7. The summed E-state index contributed by atoms with van der Waals surface area (Å²) in [5, 5.41) is 7.69. The van der Waals surface area contributed by atoms with E-state index in [1.807, 2.05) is 39.9 Å². The van der Waals surface area contributed by atoms with Crippen molar-refractivity contribution < 1.29 is 9.59 Å². The molecule has 6 nitrogen and oxygen atoms in total. The largest absolute Gasteiger partial charge is 0.357 e. The van der Waals surface area contributed by atoms with Crippen LogP contribution in [0.5, 0.6) is 0 Å². The lowest BCUT2D eigenvalue weighted by atomic mass is 9.79. The molecule has 2 heterocycles. The van der Waals surface area contributed by atoms with Gasteiger partial charge in [-0.05, 0) is 56.1 Å². The van der Waals surface area contributed by atoms with E-state index in [-0.39, 0.29) is 11.8 Å². The molecular weight excluding hydrogens is 400 g/mol. The number of likely N-dealkylation sites (N-methyl/N-ethyl adjacent to an activating group) is 1. The maximum atomic E-state index is 14.1. The molecule has 1 aliphatic heterocycles. The van der Waals surface area contributed by atoms with E-state index in [1.54, 1.807) is 7.05 Å². The van der Waals surface area contributed by atoms with E-state index in [2.05, 4.69) is 5.32 Å². The summed E-state index contributed by atoms with van der Waals surface area (Å²) in [7, 11) is 1.68. The fourth-order valence-electron chi connectivity index (χ4n) is 6.12. The molecule has 2 aliphatic carbocycles. The van der Waals surface area contributed by atoms with E-state index in [4.69, 9.17) is 5.10 Å². The topological polar surface area (TPSA) is 67.2 Å². The monoisotopic (exact) mass is 434 g/mol. The molecule has 0 unspecified atom stereocenters. The third-order valence-electron chi connectivity index (χ3n) is 7.82. The van der Waals surface area contributed by atoms with Crippen LogP contribution in [0.3, 0.4) is 0 Å². The van der Waals surface area contributed by atoms with Crippen molar-refractivity contribution in [2.45, 2.75) is 70.3 Å². The maximum absolute atomic E-state index is 14.1. The number of carbonyl (C=O) groups is 2. The molecule has 2 amide bonds. The lowest BCUT2D eigenvalue weighted by Gasteiger charge is -2.27. The Bertz CT molecular complexity index is 977. The second-order valence-corrected chi connectivity index (χ2v) is 9.71. The van der Waals surface area contributed by atoms with Crippen molar-refractivity contribution in [3.63, 3.8) is 0 Å². The van der Waals surface area contributed by atoms with Gasteiger partial charge in [-0.2, -0.15) is 5.10 Å². The Morgan fingerprint density at radius 1 is 0.969 bits per heavy atom. The molecule has 0 bridgehead atoms. The molecule has 0 radical (unpaired) electrons. The van der Waals surface area contributed by atoms with Crippen molar-refractivity contribution in [3.8, 4) is 5.69 Å². The number of likely N-dealkylation sites (tertiary alicyclic amines) is 1. The van der Waals surface area contributed by atoms with Crippen LogP contribution in [0.2, 0.25) is 0 Å². The van der Waals surface area contributed by atoms with Crippen LogP contribution in [0.1, 0.15) is 73.1 Å². The van der Waals surface area contributed by atoms with Gasteiger partial charge in [0.15, 0.2) is 0 Å². The predicted molar refractivity (Wildman–Crippen MR) is 124 cm³/mol. The summed E-state index contributed by atoms with van der Waals surface area (Å²) in [4.78, 5) is 28.8. The van der Waals surface area contributed by atoms with Gasteiger partial charge in [0.05, 0.1) is 11.4 Å². The first-order valence-corrected chi connectivity index (χ1v) is 12.4. The number of nitrogens with zero attached hydrogens (tertiary/aromatic N) is 3. The Balaban J connectivity index is 1.52. The standard InChI is InChI=1S/C26H34N4O2/c1-27-25(31)23-16-19(18-10-4-2-5-11-18)17-29(23)26(32)24-21-14-8-9-15-22(21)28-30(24)20-12-6-3-7-13-20/h3,6-7,12-13,18-19,23H,2,4-5,8-11,14-17H2,1H3,(H,27,31)/t19-,23+/m1/s1. The van der Waals surface area contributed by atoms with E-state index in [9.17, 15) is 9.59 Å². The fourth-order valence-corrected chi connectivity index (χ4v) is 6.12. The average molecular weight is 435 g/mol. The van der Waals surface area contributed by atoms with Crippen LogP contribution < -0.4 is 5.32 Å². The van der Waals surface area contributed by atoms with Crippen LogP contribution in [0.25, 0.3) is 5.69 Å². The molecule has 1 aromatic heterocycles. The Hall–Kier alpha value is -2.63. The zero-order chi connectivity index (χ0) is 22.1. The molecule has 3 aliphatic rings. The van der Waals surface area contributed by atoms with Gasteiger partial charge in [-0.15, -0.1) is 0 Å². The van der Waals surface area contributed by atoms with E-state index in [1.165, 1.54) is 32.1 Å². The first kappa shape index (κ1) is 21.2. The Labute approximate surface area is 190 Å². The summed E-state index contributed by atoms with van der Waals surface area (Å²) < 4.78 is 1.84. The summed E-state index contributed by atoms with van der Waals surface area (Å²) in [6.07, 6.45) is 11.1. The van der Waals surface area contributed by atoms with Gasteiger partial charge in [0.2, 0.25) is 5.91 Å². The number of amides is 2. The van der Waals surface area contributed by atoms with Crippen molar-refractivity contribution in [3.05, 3.63) is 47.3 Å². The predicted octanol–water partition coefficient (Wildman–Crippen LogP) is 3.91. The normalized spacial score (nSPS) is 23.7. The molecule has 170 valence electrons. The van der Waals surface area contributed by atoms with Crippen LogP contribution in [-0.2, 0) is 17.6 Å². The first-order valence-electron chi connectivity index (χ1n) is 12.4. The number of hydrogen-bond donors (Lipinski definition) is 1. The van der Waals surface area contributed by atoms with Crippen molar-refractivity contribution >= 4 is 11.8 Å². The van der Waals surface area contributed by atoms with Crippen molar-refractivity contribution in [2.75, 3.05) is 13.6 Å². The van der Waals surface area contributed by atoms with Crippen molar-refractivity contribution in [1.82, 2.24) is 20.0 Å². The van der Waals surface area contributed by atoms with Gasteiger partial charge in [0.1, 0.15) is 11.7 Å². The van der Waals surface area contributed by atoms with E-state index in [0.29, 0.717) is 24.1 Å². The Morgan fingerprint density at radius 3 is 2.47 bits per heavy atom. The lowest BCUT2D eigenvalue weighted by molar-refractivity contribution is -0.124. The molecule has 1 aromatic carbocycles. The number of aryl methyl sites for hydroxylation is 1. The maximum Gasteiger partial charge on any atom is 0.273 e. The van der Waals surface area contributed by atoms with Gasteiger partial charge in [0.25, 0.3) is 5.91 Å². The fraction of sp³-hybridized carbons (Fsp3) is 0.577. The van der Waals surface area contributed by atoms with Gasteiger partial charge in [-0.25, -0.2) is 4.68 Å². The molecule has 2 aromatic rings. The summed E-state index contributed by atoms with van der Waals surface area (Å²) >= 11 is 0.